The minimum atomic E-state index is -0.293. The van der Waals surface area contributed by atoms with Crippen LogP contribution in [0.4, 0.5) is 4.79 Å². The Bertz CT molecular complexity index is 421. The number of aromatic amines is 1. The summed E-state index contributed by atoms with van der Waals surface area (Å²) in [7, 11) is 3.10. The van der Waals surface area contributed by atoms with Crippen LogP contribution in [0.25, 0.3) is 0 Å². The van der Waals surface area contributed by atoms with Crippen LogP contribution in [0.1, 0.15) is 17.0 Å². The first-order valence-corrected chi connectivity index (χ1v) is 5.65. The van der Waals surface area contributed by atoms with Crippen molar-refractivity contribution in [1.29, 1.82) is 0 Å². The van der Waals surface area contributed by atoms with Gasteiger partial charge in [-0.2, -0.15) is 5.10 Å². The number of H-pyrrole nitrogens is 1. The molecule has 0 aliphatic heterocycles. The molecule has 1 rings (SSSR count). The summed E-state index contributed by atoms with van der Waals surface area (Å²) in [6.45, 7) is 4.20. The number of aryl methyl sites for hydroxylation is 2. The van der Waals surface area contributed by atoms with Crippen molar-refractivity contribution in [3.05, 3.63) is 17.0 Å². The van der Waals surface area contributed by atoms with E-state index in [2.05, 4.69) is 20.8 Å². The van der Waals surface area contributed by atoms with Gasteiger partial charge in [-0.05, 0) is 13.8 Å². The van der Waals surface area contributed by atoms with Crippen LogP contribution < -0.4 is 10.6 Å². The Hall–Kier alpha value is -2.05. The van der Waals surface area contributed by atoms with E-state index >= 15 is 0 Å². The van der Waals surface area contributed by atoms with Gasteiger partial charge in [0.1, 0.15) is 6.54 Å². The Kier molecular flexibility index (Phi) is 4.70. The zero-order valence-electron chi connectivity index (χ0n) is 11.1. The van der Waals surface area contributed by atoms with Gasteiger partial charge in [-0.25, -0.2) is 4.79 Å². The van der Waals surface area contributed by atoms with Crippen molar-refractivity contribution in [1.82, 2.24) is 25.7 Å². The van der Waals surface area contributed by atoms with Crippen LogP contribution in [0.3, 0.4) is 0 Å². The number of amides is 3. The smallest absolute Gasteiger partial charge is 0.317 e. The first kappa shape index (κ1) is 14.0. The number of hydrogen-bond donors (Lipinski definition) is 3. The van der Waals surface area contributed by atoms with Crippen LogP contribution in [0.15, 0.2) is 0 Å². The maximum Gasteiger partial charge on any atom is 0.317 e. The quantitative estimate of drug-likeness (QED) is 0.700. The van der Waals surface area contributed by atoms with Crippen molar-refractivity contribution in [2.75, 3.05) is 20.6 Å². The molecular weight excluding hydrogens is 234 g/mol. The molecule has 0 saturated heterocycles. The first-order valence-electron chi connectivity index (χ1n) is 5.65. The van der Waals surface area contributed by atoms with Crippen molar-refractivity contribution < 1.29 is 9.59 Å². The summed E-state index contributed by atoms with van der Waals surface area (Å²) in [6, 6.07) is -0.293. The van der Waals surface area contributed by atoms with Crippen molar-refractivity contribution in [3.8, 4) is 0 Å². The maximum absolute atomic E-state index is 11.7. The predicted molar refractivity (Wildman–Crippen MR) is 67.0 cm³/mol. The fourth-order valence-electron chi connectivity index (χ4n) is 1.50. The highest BCUT2D eigenvalue weighted by Gasteiger charge is 2.13. The van der Waals surface area contributed by atoms with Crippen molar-refractivity contribution in [2.45, 2.75) is 20.4 Å². The number of likely N-dealkylation sites (N-methyl/N-ethyl adjacent to an activating group) is 2. The van der Waals surface area contributed by atoms with E-state index in [-0.39, 0.29) is 18.5 Å². The topological polar surface area (TPSA) is 90.1 Å². The molecule has 0 saturated carbocycles. The SMILES string of the molecule is CNC(=O)CN(C)C(=O)NCc1c(C)n[nH]c1C. The number of urea groups is 1. The molecule has 0 fully saturated rings. The van der Waals surface area contributed by atoms with Gasteiger partial charge in [-0.1, -0.05) is 0 Å². The molecule has 1 heterocycles. The van der Waals surface area contributed by atoms with E-state index in [9.17, 15) is 9.59 Å². The van der Waals surface area contributed by atoms with Crippen LogP contribution in [0.2, 0.25) is 0 Å². The second-order valence-electron chi connectivity index (χ2n) is 4.10. The summed E-state index contributed by atoms with van der Waals surface area (Å²) in [5.41, 5.74) is 2.76. The lowest BCUT2D eigenvalue weighted by molar-refractivity contribution is -0.120. The molecule has 3 amide bonds. The van der Waals surface area contributed by atoms with Gasteiger partial charge < -0.3 is 15.5 Å². The molecule has 0 unspecified atom stereocenters. The van der Waals surface area contributed by atoms with Gasteiger partial charge in [-0.15, -0.1) is 0 Å². The number of aromatic nitrogens is 2. The molecule has 0 atom stereocenters. The Labute approximate surface area is 106 Å². The zero-order chi connectivity index (χ0) is 13.7. The molecule has 100 valence electrons. The molecule has 0 aromatic carbocycles. The molecule has 0 bridgehead atoms. The van der Waals surface area contributed by atoms with E-state index in [0.717, 1.165) is 17.0 Å². The van der Waals surface area contributed by atoms with Gasteiger partial charge >= 0.3 is 6.03 Å². The van der Waals surface area contributed by atoms with Crippen LogP contribution in [-0.4, -0.2) is 47.7 Å². The first-order chi connectivity index (χ1) is 8.45. The second-order valence-corrected chi connectivity index (χ2v) is 4.10. The van der Waals surface area contributed by atoms with E-state index in [0.29, 0.717) is 6.54 Å². The Morgan fingerprint density at radius 2 is 2.06 bits per heavy atom. The van der Waals surface area contributed by atoms with Crippen LogP contribution >= 0.6 is 0 Å². The standard InChI is InChI=1S/C11H19N5O2/c1-7-9(8(2)15-14-7)5-13-11(18)16(4)6-10(17)12-3/h5-6H2,1-4H3,(H,12,17)(H,13,18)(H,14,15). The average molecular weight is 253 g/mol. The normalized spacial score (nSPS) is 10.0. The fraction of sp³-hybridized carbons (Fsp3) is 0.545. The third kappa shape index (κ3) is 3.47. The van der Waals surface area contributed by atoms with Gasteiger partial charge in [0.05, 0.1) is 5.69 Å². The highest BCUT2D eigenvalue weighted by Crippen LogP contribution is 2.08. The zero-order valence-corrected chi connectivity index (χ0v) is 11.1. The monoisotopic (exact) mass is 253 g/mol. The van der Waals surface area contributed by atoms with Crippen molar-refractivity contribution >= 4 is 11.9 Å². The van der Waals surface area contributed by atoms with E-state index in [1.54, 1.807) is 7.05 Å². The third-order valence-corrected chi connectivity index (χ3v) is 2.70. The van der Waals surface area contributed by atoms with Crippen molar-refractivity contribution in [2.24, 2.45) is 0 Å². The highest BCUT2D eigenvalue weighted by molar-refractivity contribution is 5.83. The number of carbonyl (C=O) groups is 2. The molecule has 0 aliphatic carbocycles. The number of hydrogen-bond acceptors (Lipinski definition) is 3. The van der Waals surface area contributed by atoms with Gasteiger partial charge in [-0.3, -0.25) is 9.89 Å². The molecule has 0 spiro atoms. The Balaban J connectivity index is 2.48. The summed E-state index contributed by atoms with van der Waals surface area (Å²) in [5, 5.41) is 12.1. The summed E-state index contributed by atoms with van der Waals surface area (Å²) in [4.78, 5) is 24.2. The van der Waals surface area contributed by atoms with Gasteiger partial charge in [0.2, 0.25) is 5.91 Å². The lowest BCUT2D eigenvalue weighted by Crippen LogP contribution is -2.42. The minimum Gasteiger partial charge on any atom is -0.358 e. The lowest BCUT2D eigenvalue weighted by Gasteiger charge is -2.16. The van der Waals surface area contributed by atoms with E-state index in [1.807, 2.05) is 13.8 Å². The fourth-order valence-corrected chi connectivity index (χ4v) is 1.50. The van der Waals surface area contributed by atoms with E-state index in [4.69, 9.17) is 0 Å². The molecule has 0 aliphatic rings. The Morgan fingerprint density at radius 3 is 2.56 bits per heavy atom. The van der Waals surface area contributed by atoms with Gasteiger partial charge in [0.15, 0.2) is 0 Å². The lowest BCUT2D eigenvalue weighted by atomic mass is 10.2. The van der Waals surface area contributed by atoms with Gasteiger partial charge in [0.25, 0.3) is 0 Å². The highest BCUT2D eigenvalue weighted by atomic mass is 16.2. The van der Waals surface area contributed by atoms with Gasteiger partial charge in [0, 0.05) is 31.9 Å². The molecule has 1 aromatic heterocycles. The van der Waals surface area contributed by atoms with E-state index < -0.39 is 0 Å². The predicted octanol–water partition coefficient (Wildman–Crippen LogP) is -0.0861. The average Bonchev–Trinajstić information content (AvgIpc) is 2.65. The number of rotatable bonds is 4. The van der Waals surface area contributed by atoms with Crippen LogP contribution in [0, 0.1) is 13.8 Å². The molecular formula is C11H19N5O2. The maximum atomic E-state index is 11.7. The summed E-state index contributed by atoms with van der Waals surface area (Å²) >= 11 is 0. The third-order valence-electron chi connectivity index (χ3n) is 2.70. The van der Waals surface area contributed by atoms with Crippen molar-refractivity contribution in [3.63, 3.8) is 0 Å². The number of carbonyl (C=O) groups excluding carboxylic acids is 2. The van der Waals surface area contributed by atoms with Crippen LogP contribution in [0.5, 0.6) is 0 Å². The molecule has 7 heteroatoms. The Morgan fingerprint density at radius 1 is 1.39 bits per heavy atom. The summed E-state index contributed by atoms with van der Waals surface area (Å²) in [5.74, 6) is -0.205. The summed E-state index contributed by atoms with van der Waals surface area (Å²) < 4.78 is 0. The second kappa shape index (κ2) is 6.04. The molecule has 7 nitrogen and oxygen atoms in total. The largest absolute Gasteiger partial charge is 0.358 e. The molecule has 3 N–H and O–H groups in total. The number of nitrogens with one attached hydrogen (secondary N) is 3. The minimum absolute atomic E-state index is 0.0334. The number of nitrogens with zero attached hydrogens (tertiary/aromatic N) is 2. The van der Waals surface area contributed by atoms with Crippen LogP contribution in [-0.2, 0) is 11.3 Å². The molecule has 0 radical (unpaired) electrons. The van der Waals surface area contributed by atoms with E-state index in [1.165, 1.54) is 11.9 Å². The molecule has 18 heavy (non-hydrogen) atoms. The molecule has 1 aromatic rings. The summed E-state index contributed by atoms with van der Waals surface area (Å²) in [6.07, 6.45) is 0.